The zero-order chi connectivity index (χ0) is 16.6. The molecule has 0 unspecified atom stereocenters. The minimum atomic E-state index is -1.07. The van der Waals surface area contributed by atoms with Crippen LogP contribution in [0.1, 0.15) is 16.1 Å². The second-order valence-electron chi connectivity index (χ2n) is 4.82. The summed E-state index contributed by atoms with van der Waals surface area (Å²) in [4.78, 5) is 11.4. The summed E-state index contributed by atoms with van der Waals surface area (Å²) in [6, 6.07) is 11.1. The van der Waals surface area contributed by atoms with E-state index in [1.54, 1.807) is 6.07 Å². The molecule has 3 rings (SSSR count). The maximum absolute atomic E-state index is 11.4. The summed E-state index contributed by atoms with van der Waals surface area (Å²) in [6.45, 7) is 0.346. The summed E-state index contributed by atoms with van der Waals surface area (Å²) in [5.74, 6) is -1.11. The first-order valence-electron chi connectivity index (χ1n) is 6.59. The smallest absolute Gasteiger partial charge is 0.372 e. The number of rotatable bonds is 4. The number of hydrogen-bond donors (Lipinski definition) is 2. The standard InChI is InChI=1S/C16H10Br3NO3/c17-11-5-8(6-12(18)14(11)19)20-7-10-9-3-1-2-4-13(9)23-15(10)16(21)22/h1-6,20H,7H2,(H,21,22). The van der Waals surface area contributed by atoms with Crippen LogP contribution < -0.4 is 5.32 Å². The number of fused-ring (bicyclic) bond motifs is 1. The van der Waals surface area contributed by atoms with Crippen LogP contribution in [0.4, 0.5) is 5.69 Å². The summed E-state index contributed by atoms with van der Waals surface area (Å²) in [7, 11) is 0. The minimum absolute atomic E-state index is 0.0334. The zero-order valence-electron chi connectivity index (χ0n) is 11.6. The largest absolute Gasteiger partial charge is 0.475 e. The highest BCUT2D eigenvalue weighted by Crippen LogP contribution is 2.34. The molecule has 0 radical (unpaired) electrons. The van der Waals surface area contributed by atoms with Gasteiger partial charge < -0.3 is 14.8 Å². The lowest BCUT2D eigenvalue weighted by atomic mass is 10.1. The average molecular weight is 504 g/mol. The van der Waals surface area contributed by atoms with E-state index < -0.39 is 5.97 Å². The minimum Gasteiger partial charge on any atom is -0.475 e. The molecule has 7 heteroatoms. The summed E-state index contributed by atoms with van der Waals surface area (Å²) >= 11 is 10.4. The number of carbonyl (C=O) groups is 1. The Bertz CT molecular complexity index is 882. The highest BCUT2D eigenvalue weighted by Gasteiger charge is 2.19. The third-order valence-corrected chi connectivity index (χ3v) is 6.51. The Morgan fingerprint density at radius 2 is 1.78 bits per heavy atom. The van der Waals surface area contributed by atoms with Crippen molar-refractivity contribution in [1.29, 1.82) is 0 Å². The van der Waals surface area contributed by atoms with Gasteiger partial charge in [0.25, 0.3) is 0 Å². The van der Waals surface area contributed by atoms with Crippen molar-refractivity contribution in [2.24, 2.45) is 0 Å². The van der Waals surface area contributed by atoms with Gasteiger partial charge in [0.1, 0.15) is 5.58 Å². The molecule has 0 saturated carbocycles. The molecule has 0 spiro atoms. The second kappa shape index (κ2) is 6.67. The molecular weight excluding hydrogens is 494 g/mol. The molecule has 2 N–H and O–H groups in total. The van der Waals surface area contributed by atoms with Crippen LogP contribution in [0, 0.1) is 0 Å². The first kappa shape index (κ1) is 16.5. The van der Waals surface area contributed by atoms with Crippen LogP contribution >= 0.6 is 47.8 Å². The monoisotopic (exact) mass is 501 g/mol. The van der Waals surface area contributed by atoms with Crippen LogP contribution in [0.2, 0.25) is 0 Å². The SMILES string of the molecule is O=C(O)c1oc2ccccc2c1CNc1cc(Br)c(Br)c(Br)c1. The van der Waals surface area contributed by atoms with Gasteiger partial charge in [-0.25, -0.2) is 4.79 Å². The molecule has 0 fully saturated rings. The number of nitrogens with one attached hydrogen (secondary N) is 1. The van der Waals surface area contributed by atoms with Gasteiger partial charge in [-0.3, -0.25) is 0 Å². The molecule has 0 saturated heterocycles. The van der Waals surface area contributed by atoms with Gasteiger partial charge in [-0.2, -0.15) is 0 Å². The van der Waals surface area contributed by atoms with Gasteiger partial charge in [0.15, 0.2) is 0 Å². The fourth-order valence-corrected chi connectivity index (χ4v) is 3.71. The predicted molar refractivity (Wildman–Crippen MR) is 100 cm³/mol. The molecule has 0 aliphatic heterocycles. The number of para-hydroxylation sites is 1. The second-order valence-corrected chi connectivity index (χ2v) is 7.32. The van der Waals surface area contributed by atoms with Crippen LogP contribution in [-0.4, -0.2) is 11.1 Å². The van der Waals surface area contributed by atoms with E-state index in [9.17, 15) is 9.90 Å². The number of benzene rings is 2. The topological polar surface area (TPSA) is 62.5 Å². The summed E-state index contributed by atoms with van der Waals surface area (Å²) in [6.07, 6.45) is 0. The number of hydrogen-bond acceptors (Lipinski definition) is 3. The Morgan fingerprint density at radius 3 is 2.43 bits per heavy atom. The van der Waals surface area contributed by atoms with E-state index in [2.05, 4.69) is 53.1 Å². The quantitative estimate of drug-likeness (QED) is 0.427. The molecule has 0 atom stereocenters. The fraction of sp³-hybridized carbons (Fsp3) is 0.0625. The zero-order valence-corrected chi connectivity index (χ0v) is 16.3. The van der Waals surface area contributed by atoms with Crippen molar-refractivity contribution in [1.82, 2.24) is 0 Å². The first-order chi connectivity index (χ1) is 11.0. The number of carboxylic acid groups (broad SMARTS) is 1. The fourth-order valence-electron chi connectivity index (χ4n) is 2.30. The Morgan fingerprint density at radius 1 is 1.13 bits per heavy atom. The summed E-state index contributed by atoms with van der Waals surface area (Å²) < 4.78 is 8.16. The Hall–Kier alpha value is -1.31. The van der Waals surface area contributed by atoms with Gasteiger partial charge in [-0.1, -0.05) is 18.2 Å². The molecular formula is C16H10Br3NO3. The highest BCUT2D eigenvalue weighted by atomic mass is 79.9. The van der Waals surface area contributed by atoms with Gasteiger partial charge >= 0.3 is 5.97 Å². The lowest BCUT2D eigenvalue weighted by molar-refractivity contribution is 0.0663. The van der Waals surface area contributed by atoms with Gasteiger partial charge in [-0.15, -0.1) is 0 Å². The first-order valence-corrected chi connectivity index (χ1v) is 8.97. The van der Waals surface area contributed by atoms with Crippen LogP contribution in [-0.2, 0) is 6.54 Å². The van der Waals surface area contributed by atoms with E-state index in [0.29, 0.717) is 17.7 Å². The van der Waals surface area contributed by atoms with Crippen LogP contribution in [0.25, 0.3) is 11.0 Å². The van der Waals surface area contributed by atoms with Gasteiger partial charge in [-0.05, 0) is 66.0 Å². The molecule has 1 aromatic heterocycles. The lowest BCUT2D eigenvalue weighted by Gasteiger charge is -2.09. The Labute approximate surface area is 157 Å². The highest BCUT2D eigenvalue weighted by molar-refractivity contribution is 9.14. The van der Waals surface area contributed by atoms with Crippen molar-refractivity contribution in [3.8, 4) is 0 Å². The third kappa shape index (κ3) is 3.32. The van der Waals surface area contributed by atoms with E-state index in [0.717, 1.165) is 24.5 Å². The van der Waals surface area contributed by atoms with Crippen molar-refractivity contribution < 1.29 is 14.3 Å². The van der Waals surface area contributed by atoms with Gasteiger partial charge in [0, 0.05) is 36.6 Å². The molecule has 0 bridgehead atoms. The van der Waals surface area contributed by atoms with Crippen LogP contribution in [0.15, 0.2) is 54.2 Å². The maximum atomic E-state index is 11.4. The third-order valence-electron chi connectivity index (χ3n) is 3.35. The van der Waals surface area contributed by atoms with Crippen molar-refractivity contribution in [3.05, 3.63) is 61.1 Å². The predicted octanol–water partition coefficient (Wildman–Crippen LogP) is 6.03. The summed E-state index contributed by atoms with van der Waals surface area (Å²) in [5.41, 5.74) is 2.05. The number of aromatic carboxylic acids is 1. The van der Waals surface area contributed by atoms with E-state index in [-0.39, 0.29) is 5.76 Å². The molecule has 4 nitrogen and oxygen atoms in total. The van der Waals surface area contributed by atoms with Crippen molar-refractivity contribution in [2.75, 3.05) is 5.32 Å². The molecule has 0 aliphatic carbocycles. The molecule has 23 heavy (non-hydrogen) atoms. The Balaban J connectivity index is 1.95. The number of halogens is 3. The Kier molecular flexibility index (Phi) is 4.79. The molecule has 118 valence electrons. The molecule has 0 aliphatic rings. The van der Waals surface area contributed by atoms with Gasteiger partial charge in [0.2, 0.25) is 5.76 Å². The van der Waals surface area contributed by atoms with E-state index in [1.807, 2.05) is 30.3 Å². The van der Waals surface area contributed by atoms with Crippen molar-refractivity contribution in [2.45, 2.75) is 6.54 Å². The molecule has 3 aromatic rings. The van der Waals surface area contributed by atoms with Crippen molar-refractivity contribution >= 4 is 70.4 Å². The van der Waals surface area contributed by atoms with Gasteiger partial charge in [0.05, 0.1) is 0 Å². The van der Waals surface area contributed by atoms with Crippen molar-refractivity contribution in [3.63, 3.8) is 0 Å². The van der Waals surface area contributed by atoms with Crippen LogP contribution in [0.3, 0.4) is 0 Å². The summed E-state index contributed by atoms with van der Waals surface area (Å²) in [5, 5.41) is 13.4. The number of carboxylic acids is 1. The van der Waals surface area contributed by atoms with E-state index in [1.165, 1.54) is 0 Å². The average Bonchev–Trinajstić information content (AvgIpc) is 2.89. The van der Waals surface area contributed by atoms with E-state index >= 15 is 0 Å². The van der Waals surface area contributed by atoms with Crippen LogP contribution in [0.5, 0.6) is 0 Å². The number of furan rings is 1. The maximum Gasteiger partial charge on any atom is 0.372 e. The molecule has 0 amide bonds. The van der Waals surface area contributed by atoms with E-state index in [4.69, 9.17) is 4.42 Å². The molecule has 1 heterocycles. The number of anilines is 1. The molecule has 2 aromatic carbocycles. The normalized spacial score (nSPS) is 10.9. The lowest BCUT2D eigenvalue weighted by Crippen LogP contribution is -2.05.